The van der Waals surface area contributed by atoms with Crippen molar-refractivity contribution in [2.75, 3.05) is 19.6 Å². The molecule has 21 heavy (non-hydrogen) atoms. The fourth-order valence-electron chi connectivity index (χ4n) is 4.31. The number of fused-ring (bicyclic) bond motifs is 1. The van der Waals surface area contributed by atoms with Crippen molar-refractivity contribution in [3.63, 3.8) is 0 Å². The Kier molecular flexibility index (Phi) is 3.57. The summed E-state index contributed by atoms with van der Waals surface area (Å²) in [6.07, 6.45) is 8.95. The highest BCUT2D eigenvalue weighted by molar-refractivity contribution is 5.22. The summed E-state index contributed by atoms with van der Waals surface area (Å²) in [5.74, 6) is 1.56. The van der Waals surface area contributed by atoms with Gasteiger partial charge in [0.1, 0.15) is 0 Å². The highest BCUT2D eigenvalue weighted by Crippen LogP contribution is 2.28. The molecule has 0 spiro atoms. The second-order valence-corrected chi connectivity index (χ2v) is 7.23. The first-order chi connectivity index (χ1) is 10.3. The molecule has 2 heterocycles. The molecule has 1 aromatic heterocycles. The van der Waals surface area contributed by atoms with E-state index < -0.39 is 0 Å². The van der Waals surface area contributed by atoms with Crippen LogP contribution in [-0.4, -0.2) is 34.3 Å². The van der Waals surface area contributed by atoms with Crippen LogP contribution in [0.15, 0.2) is 10.9 Å². The lowest BCUT2D eigenvalue weighted by Crippen LogP contribution is -2.50. The summed E-state index contributed by atoms with van der Waals surface area (Å²) in [6, 6.07) is 1.82. The molecule has 4 nitrogen and oxygen atoms in total. The molecule has 1 saturated heterocycles. The lowest BCUT2D eigenvalue weighted by atomic mass is 9.97. The summed E-state index contributed by atoms with van der Waals surface area (Å²) >= 11 is 0. The molecule has 2 fully saturated rings. The molecule has 0 radical (unpaired) electrons. The van der Waals surface area contributed by atoms with E-state index in [0.29, 0.717) is 5.92 Å². The summed E-state index contributed by atoms with van der Waals surface area (Å²) in [6.45, 7) is 4.40. The Balaban J connectivity index is 1.32. The van der Waals surface area contributed by atoms with E-state index in [1.807, 2.05) is 6.07 Å². The highest BCUT2D eigenvalue weighted by atomic mass is 16.1. The van der Waals surface area contributed by atoms with E-state index in [1.165, 1.54) is 37.8 Å². The van der Waals surface area contributed by atoms with E-state index in [-0.39, 0.29) is 5.56 Å². The van der Waals surface area contributed by atoms with Crippen molar-refractivity contribution in [1.29, 1.82) is 0 Å². The third-order valence-electron chi connectivity index (χ3n) is 5.48. The van der Waals surface area contributed by atoms with Crippen LogP contribution in [0.4, 0.5) is 0 Å². The molecule has 1 aromatic rings. The molecule has 4 heteroatoms. The van der Waals surface area contributed by atoms with Gasteiger partial charge in [-0.05, 0) is 43.6 Å². The Morgan fingerprint density at radius 3 is 2.67 bits per heavy atom. The molecular formula is C17H25N3O. The molecule has 2 aliphatic carbocycles. The number of rotatable bonds is 4. The van der Waals surface area contributed by atoms with Crippen LogP contribution in [0.25, 0.3) is 0 Å². The zero-order valence-electron chi connectivity index (χ0n) is 12.8. The van der Waals surface area contributed by atoms with Crippen molar-refractivity contribution in [1.82, 2.24) is 14.7 Å². The maximum atomic E-state index is 12.1. The minimum Gasteiger partial charge on any atom is -0.302 e. The van der Waals surface area contributed by atoms with Crippen LogP contribution in [0.2, 0.25) is 0 Å². The van der Waals surface area contributed by atoms with Crippen LogP contribution in [0, 0.1) is 11.8 Å². The maximum Gasteiger partial charge on any atom is 0.267 e. The fourth-order valence-corrected chi connectivity index (χ4v) is 4.31. The smallest absolute Gasteiger partial charge is 0.267 e. The van der Waals surface area contributed by atoms with Crippen molar-refractivity contribution in [3.05, 3.63) is 27.7 Å². The molecule has 114 valence electrons. The quantitative estimate of drug-likeness (QED) is 0.848. The zero-order valence-corrected chi connectivity index (χ0v) is 12.8. The van der Waals surface area contributed by atoms with Gasteiger partial charge in [0.2, 0.25) is 0 Å². The third kappa shape index (κ3) is 2.78. The summed E-state index contributed by atoms with van der Waals surface area (Å²) < 4.78 is 1.72. The van der Waals surface area contributed by atoms with Crippen LogP contribution in [-0.2, 0) is 19.4 Å². The topological polar surface area (TPSA) is 38.1 Å². The molecule has 0 unspecified atom stereocenters. The maximum absolute atomic E-state index is 12.1. The van der Waals surface area contributed by atoms with Crippen molar-refractivity contribution < 1.29 is 0 Å². The minimum atomic E-state index is 0.102. The average molecular weight is 287 g/mol. The second kappa shape index (κ2) is 5.56. The monoisotopic (exact) mass is 287 g/mol. The van der Waals surface area contributed by atoms with Gasteiger partial charge in [0.25, 0.3) is 5.56 Å². The van der Waals surface area contributed by atoms with E-state index in [4.69, 9.17) is 0 Å². The molecular weight excluding hydrogens is 262 g/mol. The van der Waals surface area contributed by atoms with Gasteiger partial charge in [0, 0.05) is 31.6 Å². The zero-order chi connectivity index (χ0) is 14.2. The third-order valence-corrected chi connectivity index (χ3v) is 5.48. The Morgan fingerprint density at radius 1 is 1.05 bits per heavy atom. The van der Waals surface area contributed by atoms with Gasteiger partial charge < -0.3 is 4.90 Å². The number of aromatic nitrogens is 2. The number of aryl methyl sites for hydroxylation is 2. The van der Waals surface area contributed by atoms with Crippen molar-refractivity contribution >= 4 is 0 Å². The Morgan fingerprint density at radius 2 is 1.86 bits per heavy atom. The van der Waals surface area contributed by atoms with E-state index in [9.17, 15) is 4.79 Å². The molecule has 0 amide bonds. The van der Waals surface area contributed by atoms with Gasteiger partial charge in [-0.3, -0.25) is 4.79 Å². The molecule has 0 bridgehead atoms. The van der Waals surface area contributed by atoms with Gasteiger partial charge in [-0.25, -0.2) is 4.68 Å². The van der Waals surface area contributed by atoms with E-state index >= 15 is 0 Å². The molecule has 1 aliphatic heterocycles. The standard InChI is InChI=1S/C17H25N3O/c21-17-8-15-6-3-7-16(15)18-20(17)12-14-10-19(11-14)9-13-4-1-2-5-13/h8,13-14H,1-7,9-12H2. The van der Waals surface area contributed by atoms with E-state index in [2.05, 4.69) is 10.00 Å². The second-order valence-electron chi connectivity index (χ2n) is 7.23. The van der Waals surface area contributed by atoms with Crippen LogP contribution in [0.3, 0.4) is 0 Å². The molecule has 4 rings (SSSR count). The van der Waals surface area contributed by atoms with Gasteiger partial charge in [0.05, 0.1) is 12.2 Å². The summed E-state index contributed by atoms with van der Waals surface area (Å²) in [5.41, 5.74) is 2.45. The molecule has 0 aromatic carbocycles. The van der Waals surface area contributed by atoms with Crippen molar-refractivity contribution in [2.45, 2.75) is 51.5 Å². The van der Waals surface area contributed by atoms with Crippen molar-refractivity contribution in [3.8, 4) is 0 Å². The van der Waals surface area contributed by atoms with Gasteiger partial charge in [-0.1, -0.05) is 12.8 Å². The Labute approximate surface area is 126 Å². The van der Waals surface area contributed by atoms with Gasteiger partial charge in [0.15, 0.2) is 0 Å². The van der Waals surface area contributed by atoms with Gasteiger partial charge >= 0.3 is 0 Å². The SMILES string of the molecule is O=c1cc2c(nn1CC1CN(CC3CCCC3)C1)CCC2. The lowest BCUT2D eigenvalue weighted by Gasteiger charge is -2.40. The highest BCUT2D eigenvalue weighted by Gasteiger charge is 2.30. The van der Waals surface area contributed by atoms with E-state index in [1.54, 1.807) is 4.68 Å². The minimum absolute atomic E-state index is 0.102. The van der Waals surface area contributed by atoms with Crippen LogP contribution in [0.5, 0.6) is 0 Å². The number of hydrogen-bond donors (Lipinski definition) is 0. The average Bonchev–Trinajstić information content (AvgIpc) is 3.07. The molecule has 1 saturated carbocycles. The Hall–Kier alpha value is -1.16. The predicted octanol–water partition coefficient (Wildman–Crippen LogP) is 1.85. The first-order valence-electron chi connectivity index (χ1n) is 8.60. The summed E-state index contributed by atoms with van der Waals surface area (Å²) in [7, 11) is 0. The number of nitrogens with zero attached hydrogens (tertiary/aromatic N) is 3. The summed E-state index contributed by atoms with van der Waals surface area (Å²) in [4.78, 5) is 14.7. The first kappa shape index (κ1) is 13.5. The normalized spacial score (nSPS) is 23.4. The molecule has 3 aliphatic rings. The number of likely N-dealkylation sites (tertiary alicyclic amines) is 1. The van der Waals surface area contributed by atoms with Crippen molar-refractivity contribution in [2.24, 2.45) is 11.8 Å². The molecule has 0 N–H and O–H groups in total. The van der Waals surface area contributed by atoms with Crippen LogP contribution < -0.4 is 5.56 Å². The largest absolute Gasteiger partial charge is 0.302 e. The lowest BCUT2D eigenvalue weighted by molar-refractivity contribution is 0.0681. The Bertz CT molecular complexity index is 568. The van der Waals surface area contributed by atoms with Crippen LogP contribution in [0.1, 0.15) is 43.4 Å². The predicted molar refractivity (Wildman–Crippen MR) is 82.4 cm³/mol. The first-order valence-corrected chi connectivity index (χ1v) is 8.60. The summed E-state index contributed by atoms with van der Waals surface area (Å²) in [5, 5.41) is 4.59. The molecule has 0 atom stereocenters. The number of hydrogen-bond acceptors (Lipinski definition) is 3. The van der Waals surface area contributed by atoms with E-state index in [0.717, 1.165) is 50.5 Å². The fraction of sp³-hybridized carbons (Fsp3) is 0.765. The van der Waals surface area contributed by atoms with Gasteiger partial charge in [-0.2, -0.15) is 5.10 Å². The van der Waals surface area contributed by atoms with Gasteiger partial charge in [-0.15, -0.1) is 0 Å². The van der Waals surface area contributed by atoms with Crippen LogP contribution >= 0.6 is 0 Å².